The van der Waals surface area contributed by atoms with Crippen LogP contribution in [0.3, 0.4) is 0 Å². The van der Waals surface area contributed by atoms with Crippen molar-refractivity contribution in [3.05, 3.63) is 29.3 Å². The number of carboxylic acids is 1. The first-order valence-corrected chi connectivity index (χ1v) is 6.50. The molecule has 0 radical (unpaired) electrons. The largest absolute Gasteiger partial charge is 0.478 e. The highest BCUT2D eigenvalue weighted by Gasteiger charge is 2.27. The average Bonchev–Trinajstić information content (AvgIpc) is 2.77. The summed E-state index contributed by atoms with van der Waals surface area (Å²) in [5, 5.41) is 8.76. The highest BCUT2D eigenvalue weighted by atomic mass is 19.1. The second kappa shape index (κ2) is 5.55. The summed E-state index contributed by atoms with van der Waals surface area (Å²) in [6.07, 6.45) is 3.03. The fourth-order valence-corrected chi connectivity index (χ4v) is 2.67. The van der Waals surface area contributed by atoms with Gasteiger partial charge in [-0.3, -0.25) is 0 Å². The zero-order chi connectivity index (χ0) is 14.0. The topological polar surface area (TPSA) is 40.5 Å². The molecule has 1 unspecified atom stereocenters. The summed E-state index contributed by atoms with van der Waals surface area (Å²) in [5.74, 6) is -2.46. The van der Waals surface area contributed by atoms with E-state index in [0.29, 0.717) is 19.0 Å². The van der Waals surface area contributed by atoms with E-state index in [4.69, 9.17) is 5.11 Å². The molecule has 5 heteroatoms. The lowest BCUT2D eigenvalue weighted by molar-refractivity contribution is 0.0696. The van der Waals surface area contributed by atoms with Crippen LogP contribution in [0.4, 0.5) is 14.5 Å². The van der Waals surface area contributed by atoms with E-state index in [9.17, 15) is 13.6 Å². The Balaban J connectivity index is 2.24. The Labute approximate surface area is 110 Å². The number of rotatable bonds is 4. The van der Waals surface area contributed by atoms with E-state index in [2.05, 4.69) is 6.92 Å². The Morgan fingerprint density at radius 2 is 2.05 bits per heavy atom. The number of anilines is 1. The van der Waals surface area contributed by atoms with Gasteiger partial charge in [0.1, 0.15) is 17.3 Å². The van der Waals surface area contributed by atoms with E-state index < -0.39 is 17.6 Å². The average molecular weight is 269 g/mol. The van der Waals surface area contributed by atoms with Crippen LogP contribution in [-0.2, 0) is 0 Å². The Hall–Kier alpha value is -1.65. The van der Waals surface area contributed by atoms with Gasteiger partial charge in [0.2, 0.25) is 0 Å². The molecule has 0 spiro atoms. The molecule has 0 aromatic heterocycles. The normalized spacial score (nSPS) is 18.9. The molecule has 1 aromatic carbocycles. The maximum Gasteiger partial charge on any atom is 0.335 e. The van der Waals surface area contributed by atoms with Crippen molar-refractivity contribution < 1.29 is 18.7 Å². The summed E-state index contributed by atoms with van der Waals surface area (Å²) >= 11 is 0. The zero-order valence-corrected chi connectivity index (χ0v) is 10.8. The van der Waals surface area contributed by atoms with E-state index in [0.717, 1.165) is 31.4 Å². The molecule has 1 aliphatic rings. The summed E-state index contributed by atoms with van der Waals surface area (Å²) in [6, 6.07) is 1.77. The van der Waals surface area contributed by atoms with Crippen LogP contribution >= 0.6 is 0 Å². The van der Waals surface area contributed by atoms with E-state index in [1.807, 2.05) is 0 Å². The van der Waals surface area contributed by atoms with Crippen LogP contribution in [0.15, 0.2) is 12.1 Å². The third-order valence-electron chi connectivity index (χ3n) is 3.56. The SMILES string of the molecule is CCCC1CCN(c2c(F)cc(C(=O)O)cc2F)C1. The molecule has 1 aliphatic heterocycles. The van der Waals surface area contributed by atoms with E-state index in [1.54, 1.807) is 4.90 Å². The maximum absolute atomic E-state index is 13.9. The first-order valence-electron chi connectivity index (χ1n) is 6.50. The van der Waals surface area contributed by atoms with Gasteiger partial charge in [0.25, 0.3) is 0 Å². The van der Waals surface area contributed by atoms with Crippen LogP contribution in [0.1, 0.15) is 36.5 Å². The number of carboxylic acid groups (broad SMARTS) is 1. The van der Waals surface area contributed by atoms with Gasteiger partial charge < -0.3 is 10.0 Å². The van der Waals surface area contributed by atoms with Gasteiger partial charge in [0.15, 0.2) is 0 Å². The number of benzene rings is 1. The van der Waals surface area contributed by atoms with Crippen molar-refractivity contribution in [3.63, 3.8) is 0 Å². The number of hydrogen-bond donors (Lipinski definition) is 1. The molecule has 1 fully saturated rings. The highest BCUT2D eigenvalue weighted by molar-refractivity contribution is 5.88. The summed E-state index contributed by atoms with van der Waals surface area (Å²) in [5.41, 5.74) is -0.452. The smallest absolute Gasteiger partial charge is 0.335 e. The molecule has 3 nitrogen and oxygen atoms in total. The van der Waals surface area contributed by atoms with Gasteiger partial charge in [-0.05, 0) is 30.9 Å². The number of halogens is 2. The number of aromatic carboxylic acids is 1. The molecular formula is C14H17F2NO2. The van der Waals surface area contributed by atoms with E-state index in [-0.39, 0.29) is 11.3 Å². The van der Waals surface area contributed by atoms with Gasteiger partial charge in [-0.2, -0.15) is 0 Å². The highest BCUT2D eigenvalue weighted by Crippen LogP contribution is 2.31. The van der Waals surface area contributed by atoms with Gasteiger partial charge >= 0.3 is 5.97 Å². The predicted octanol–water partition coefficient (Wildman–Crippen LogP) is 3.29. The van der Waals surface area contributed by atoms with Crippen molar-refractivity contribution >= 4 is 11.7 Å². The van der Waals surface area contributed by atoms with Crippen molar-refractivity contribution in [1.82, 2.24) is 0 Å². The summed E-state index contributed by atoms with van der Waals surface area (Å²) in [7, 11) is 0. The summed E-state index contributed by atoms with van der Waals surface area (Å²) < 4.78 is 27.8. The van der Waals surface area contributed by atoms with Crippen molar-refractivity contribution in [2.75, 3.05) is 18.0 Å². The summed E-state index contributed by atoms with van der Waals surface area (Å²) in [4.78, 5) is 12.4. The van der Waals surface area contributed by atoms with Gasteiger partial charge in [-0.1, -0.05) is 13.3 Å². The van der Waals surface area contributed by atoms with Crippen LogP contribution < -0.4 is 4.90 Å². The van der Waals surface area contributed by atoms with Gasteiger partial charge in [0.05, 0.1) is 5.56 Å². The van der Waals surface area contributed by atoms with Crippen molar-refractivity contribution in [2.45, 2.75) is 26.2 Å². The Morgan fingerprint density at radius 1 is 1.42 bits per heavy atom. The van der Waals surface area contributed by atoms with Crippen LogP contribution in [0.5, 0.6) is 0 Å². The quantitative estimate of drug-likeness (QED) is 0.911. The van der Waals surface area contributed by atoms with E-state index >= 15 is 0 Å². The number of nitrogens with zero attached hydrogens (tertiary/aromatic N) is 1. The van der Waals surface area contributed by atoms with Gasteiger partial charge in [-0.25, -0.2) is 13.6 Å². The first kappa shape index (κ1) is 13.8. The Kier molecular flexibility index (Phi) is 4.02. The standard InChI is InChI=1S/C14H17F2NO2/c1-2-3-9-4-5-17(8-9)13-11(15)6-10(14(18)19)7-12(13)16/h6-7,9H,2-5,8H2,1H3,(H,18,19). The van der Waals surface area contributed by atoms with Crippen LogP contribution in [-0.4, -0.2) is 24.2 Å². The fourth-order valence-electron chi connectivity index (χ4n) is 2.67. The lowest BCUT2D eigenvalue weighted by Gasteiger charge is -2.20. The molecule has 1 atom stereocenters. The number of hydrogen-bond acceptors (Lipinski definition) is 2. The Morgan fingerprint density at radius 3 is 2.58 bits per heavy atom. The Bertz CT molecular complexity index is 467. The first-order chi connectivity index (χ1) is 9.02. The molecule has 2 rings (SSSR count). The molecule has 19 heavy (non-hydrogen) atoms. The summed E-state index contributed by atoms with van der Waals surface area (Å²) in [6.45, 7) is 3.34. The molecule has 1 N–H and O–H groups in total. The molecule has 0 amide bonds. The molecule has 1 aromatic rings. The van der Waals surface area contributed by atoms with Gasteiger partial charge in [0, 0.05) is 13.1 Å². The molecule has 104 valence electrons. The molecule has 0 aliphatic carbocycles. The van der Waals surface area contributed by atoms with Crippen LogP contribution in [0.25, 0.3) is 0 Å². The lowest BCUT2D eigenvalue weighted by atomic mass is 10.0. The van der Waals surface area contributed by atoms with Crippen molar-refractivity contribution in [3.8, 4) is 0 Å². The second-order valence-corrected chi connectivity index (χ2v) is 4.98. The fraction of sp³-hybridized carbons (Fsp3) is 0.500. The van der Waals surface area contributed by atoms with E-state index in [1.165, 1.54) is 0 Å². The minimum Gasteiger partial charge on any atom is -0.478 e. The molecule has 0 saturated carbocycles. The minimum absolute atomic E-state index is 0.0939. The molecular weight excluding hydrogens is 252 g/mol. The zero-order valence-electron chi connectivity index (χ0n) is 10.8. The van der Waals surface area contributed by atoms with Crippen LogP contribution in [0.2, 0.25) is 0 Å². The van der Waals surface area contributed by atoms with Gasteiger partial charge in [-0.15, -0.1) is 0 Å². The lowest BCUT2D eigenvalue weighted by Crippen LogP contribution is -2.22. The minimum atomic E-state index is -1.32. The molecule has 0 bridgehead atoms. The van der Waals surface area contributed by atoms with Crippen LogP contribution in [0, 0.1) is 17.6 Å². The molecule has 1 saturated heterocycles. The molecule has 1 heterocycles. The third-order valence-corrected chi connectivity index (χ3v) is 3.56. The second-order valence-electron chi connectivity index (χ2n) is 4.98. The van der Waals surface area contributed by atoms with Crippen molar-refractivity contribution in [2.24, 2.45) is 5.92 Å². The number of carbonyl (C=O) groups is 1. The predicted molar refractivity (Wildman–Crippen MR) is 68.5 cm³/mol. The van der Waals surface area contributed by atoms with Crippen molar-refractivity contribution in [1.29, 1.82) is 0 Å². The maximum atomic E-state index is 13.9. The monoisotopic (exact) mass is 269 g/mol. The third kappa shape index (κ3) is 2.85.